The van der Waals surface area contributed by atoms with Crippen molar-refractivity contribution >= 4 is 5.84 Å². The first-order valence-corrected chi connectivity index (χ1v) is 6.40. The van der Waals surface area contributed by atoms with Gasteiger partial charge >= 0.3 is 0 Å². The molecule has 5 nitrogen and oxygen atoms in total. The molecule has 0 unspecified atom stereocenters. The molecule has 0 bridgehead atoms. The summed E-state index contributed by atoms with van der Waals surface area (Å²) in [5.41, 5.74) is 6.70. The largest absolute Gasteiger partial charge is 0.497 e. The predicted octanol–water partition coefficient (Wildman–Crippen LogP) is 2.04. The number of hydrogen-bond donors (Lipinski definition) is 2. The third-order valence-electron chi connectivity index (χ3n) is 3.03. The number of nitrogens with two attached hydrogens (primary N) is 1. The van der Waals surface area contributed by atoms with Gasteiger partial charge in [0.05, 0.1) is 7.11 Å². The molecule has 3 N–H and O–H groups in total. The SMILES string of the molecule is COc1cccc(CN(CCC(N)=NO)C(C)C)c1. The van der Waals surface area contributed by atoms with Crippen LogP contribution < -0.4 is 10.5 Å². The molecule has 5 heteroatoms. The summed E-state index contributed by atoms with van der Waals surface area (Å²) in [6.45, 7) is 5.83. The lowest BCUT2D eigenvalue weighted by molar-refractivity contribution is 0.217. The number of rotatable bonds is 7. The Morgan fingerprint density at radius 3 is 2.79 bits per heavy atom. The summed E-state index contributed by atoms with van der Waals surface area (Å²) in [5.74, 6) is 1.12. The molecule has 1 rings (SSSR count). The van der Waals surface area contributed by atoms with Gasteiger partial charge in [-0.15, -0.1) is 0 Å². The monoisotopic (exact) mass is 265 g/mol. The minimum absolute atomic E-state index is 0.260. The van der Waals surface area contributed by atoms with E-state index in [1.165, 1.54) is 5.56 Å². The summed E-state index contributed by atoms with van der Waals surface area (Å²) in [6, 6.07) is 8.40. The lowest BCUT2D eigenvalue weighted by Gasteiger charge is -2.26. The fourth-order valence-electron chi connectivity index (χ4n) is 1.83. The highest BCUT2D eigenvalue weighted by molar-refractivity contribution is 5.79. The molecule has 0 radical (unpaired) electrons. The van der Waals surface area contributed by atoms with Crippen molar-refractivity contribution in [1.82, 2.24) is 4.90 Å². The maximum atomic E-state index is 8.57. The van der Waals surface area contributed by atoms with Gasteiger partial charge in [-0.3, -0.25) is 4.90 Å². The van der Waals surface area contributed by atoms with E-state index >= 15 is 0 Å². The highest BCUT2D eigenvalue weighted by Crippen LogP contribution is 2.15. The first-order valence-electron chi connectivity index (χ1n) is 6.40. The van der Waals surface area contributed by atoms with Crippen molar-refractivity contribution in [2.75, 3.05) is 13.7 Å². The Kier molecular flexibility index (Phi) is 6.15. The molecule has 0 aliphatic carbocycles. The molecule has 0 aliphatic heterocycles. The first kappa shape index (κ1) is 15.3. The summed E-state index contributed by atoms with van der Waals surface area (Å²) in [7, 11) is 1.66. The van der Waals surface area contributed by atoms with Crippen molar-refractivity contribution in [3.05, 3.63) is 29.8 Å². The van der Waals surface area contributed by atoms with Gasteiger partial charge in [0.1, 0.15) is 11.6 Å². The molecule has 1 aromatic rings. The van der Waals surface area contributed by atoms with Crippen LogP contribution in [0, 0.1) is 0 Å². The number of oxime groups is 1. The van der Waals surface area contributed by atoms with Crippen LogP contribution in [0.3, 0.4) is 0 Å². The van der Waals surface area contributed by atoms with Crippen LogP contribution in [0.2, 0.25) is 0 Å². The molecule has 0 atom stereocenters. The standard InChI is InChI=1S/C14H23N3O2/c1-11(2)17(8-7-14(15)16-18)10-12-5-4-6-13(9-12)19-3/h4-6,9,11,18H,7-8,10H2,1-3H3,(H2,15,16). The molecule has 0 aliphatic rings. The quantitative estimate of drug-likeness (QED) is 0.342. The summed E-state index contributed by atoms with van der Waals surface area (Å²) < 4.78 is 5.22. The average molecular weight is 265 g/mol. The smallest absolute Gasteiger partial charge is 0.140 e. The summed E-state index contributed by atoms with van der Waals surface area (Å²) >= 11 is 0. The number of amidine groups is 1. The van der Waals surface area contributed by atoms with Crippen molar-refractivity contribution in [3.8, 4) is 5.75 Å². The lowest BCUT2D eigenvalue weighted by atomic mass is 10.1. The van der Waals surface area contributed by atoms with Gasteiger partial charge in [0.15, 0.2) is 0 Å². The molecular weight excluding hydrogens is 242 g/mol. The Morgan fingerprint density at radius 2 is 2.21 bits per heavy atom. The summed E-state index contributed by atoms with van der Waals surface area (Å²) in [5, 5.41) is 11.6. The molecule has 19 heavy (non-hydrogen) atoms. The van der Waals surface area contributed by atoms with E-state index in [0.717, 1.165) is 18.8 Å². The van der Waals surface area contributed by atoms with E-state index in [-0.39, 0.29) is 5.84 Å². The third-order valence-corrected chi connectivity index (χ3v) is 3.03. The van der Waals surface area contributed by atoms with Crippen molar-refractivity contribution in [3.63, 3.8) is 0 Å². The van der Waals surface area contributed by atoms with E-state index in [2.05, 4.69) is 30.0 Å². The first-order chi connectivity index (χ1) is 9.06. The fourth-order valence-corrected chi connectivity index (χ4v) is 1.83. The van der Waals surface area contributed by atoms with Crippen LogP contribution in [0.25, 0.3) is 0 Å². The van der Waals surface area contributed by atoms with Crippen molar-refractivity contribution < 1.29 is 9.94 Å². The Labute approximate surface area is 114 Å². The molecule has 0 saturated heterocycles. The van der Waals surface area contributed by atoms with Gasteiger partial charge in [0.2, 0.25) is 0 Å². The van der Waals surface area contributed by atoms with Crippen LogP contribution in [0.1, 0.15) is 25.8 Å². The van der Waals surface area contributed by atoms with Crippen LogP contribution in [0.4, 0.5) is 0 Å². The predicted molar refractivity (Wildman–Crippen MR) is 76.6 cm³/mol. The summed E-state index contributed by atoms with van der Waals surface area (Å²) in [4.78, 5) is 2.27. The number of hydrogen-bond acceptors (Lipinski definition) is 4. The number of nitrogens with zero attached hydrogens (tertiary/aromatic N) is 2. The fraction of sp³-hybridized carbons (Fsp3) is 0.500. The van der Waals surface area contributed by atoms with Gasteiger partial charge in [0, 0.05) is 25.6 Å². The Balaban J connectivity index is 2.67. The highest BCUT2D eigenvalue weighted by atomic mass is 16.5. The van der Waals surface area contributed by atoms with Crippen LogP contribution in [-0.4, -0.2) is 35.6 Å². The van der Waals surface area contributed by atoms with Gasteiger partial charge < -0.3 is 15.7 Å². The maximum Gasteiger partial charge on any atom is 0.140 e. The molecule has 0 fully saturated rings. The normalized spacial score (nSPS) is 12.2. The van der Waals surface area contributed by atoms with Crippen molar-refractivity contribution in [1.29, 1.82) is 0 Å². The van der Waals surface area contributed by atoms with Gasteiger partial charge in [0.25, 0.3) is 0 Å². The Hall–Kier alpha value is -1.75. The minimum atomic E-state index is 0.260. The van der Waals surface area contributed by atoms with Gasteiger partial charge in [-0.2, -0.15) is 0 Å². The zero-order valence-electron chi connectivity index (χ0n) is 11.8. The second kappa shape index (κ2) is 7.63. The lowest BCUT2D eigenvalue weighted by Crippen LogP contribution is -2.33. The second-order valence-corrected chi connectivity index (χ2v) is 4.76. The molecular formula is C14H23N3O2. The van der Waals surface area contributed by atoms with Crippen LogP contribution in [0.15, 0.2) is 29.4 Å². The maximum absolute atomic E-state index is 8.57. The number of methoxy groups -OCH3 is 1. The van der Waals surface area contributed by atoms with Crippen molar-refractivity contribution in [2.24, 2.45) is 10.9 Å². The molecule has 1 aromatic carbocycles. The zero-order valence-corrected chi connectivity index (χ0v) is 11.8. The molecule has 106 valence electrons. The molecule has 0 saturated carbocycles. The molecule has 0 amide bonds. The second-order valence-electron chi connectivity index (χ2n) is 4.76. The average Bonchev–Trinajstić information content (AvgIpc) is 2.42. The zero-order chi connectivity index (χ0) is 14.3. The molecule has 0 aromatic heterocycles. The van der Waals surface area contributed by atoms with Gasteiger partial charge in [-0.1, -0.05) is 17.3 Å². The van der Waals surface area contributed by atoms with Gasteiger partial charge in [-0.05, 0) is 31.5 Å². The van der Waals surface area contributed by atoms with E-state index in [1.54, 1.807) is 7.11 Å². The minimum Gasteiger partial charge on any atom is -0.497 e. The third kappa shape index (κ3) is 5.18. The molecule has 0 spiro atoms. The topological polar surface area (TPSA) is 71.1 Å². The van der Waals surface area contributed by atoms with E-state index in [0.29, 0.717) is 12.5 Å². The molecule has 0 heterocycles. The van der Waals surface area contributed by atoms with Gasteiger partial charge in [-0.25, -0.2) is 0 Å². The van der Waals surface area contributed by atoms with E-state index in [1.807, 2.05) is 18.2 Å². The summed E-state index contributed by atoms with van der Waals surface area (Å²) in [6.07, 6.45) is 0.554. The van der Waals surface area contributed by atoms with Crippen LogP contribution in [0.5, 0.6) is 5.75 Å². The van der Waals surface area contributed by atoms with E-state index in [4.69, 9.17) is 15.7 Å². The Morgan fingerprint density at radius 1 is 1.47 bits per heavy atom. The van der Waals surface area contributed by atoms with Crippen molar-refractivity contribution in [2.45, 2.75) is 32.9 Å². The van der Waals surface area contributed by atoms with E-state index in [9.17, 15) is 0 Å². The number of ether oxygens (including phenoxy) is 1. The highest BCUT2D eigenvalue weighted by Gasteiger charge is 2.11. The number of benzene rings is 1. The van der Waals surface area contributed by atoms with Crippen LogP contribution >= 0.6 is 0 Å². The Bertz CT molecular complexity index is 419. The van der Waals surface area contributed by atoms with E-state index < -0.39 is 0 Å². The van der Waals surface area contributed by atoms with Crippen LogP contribution in [-0.2, 0) is 6.54 Å².